The minimum atomic E-state index is -0.714. The van der Waals surface area contributed by atoms with Crippen LogP contribution >= 0.6 is 0 Å². The number of hydrogen-bond donors (Lipinski definition) is 0. The van der Waals surface area contributed by atoms with Crippen molar-refractivity contribution in [3.8, 4) is 16.9 Å². The monoisotopic (exact) mass is 433 g/mol. The number of benzene rings is 2. The van der Waals surface area contributed by atoms with E-state index in [2.05, 4.69) is 5.10 Å². The second-order valence-corrected chi connectivity index (χ2v) is 7.38. The highest BCUT2D eigenvalue weighted by Crippen LogP contribution is 2.29. The lowest BCUT2D eigenvalue weighted by Crippen LogP contribution is -2.27. The molecule has 4 rings (SSSR count). The summed E-state index contributed by atoms with van der Waals surface area (Å²) < 4.78 is 11.3. The minimum Gasteiger partial charge on any atom is -0.465 e. The van der Waals surface area contributed by atoms with Crippen LogP contribution in [0.25, 0.3) is 16.9 Å². The van der Waals surface area contributed by atoms with Crippen LogP contribution in [0.2, 0.25) is 0 Å². The van der Waals surface area contributed by atoms with Gasteiger partial charge in [0.25, 0.3) is 5.91 Å². The predicted octanol–water partition coefficient (Wildman–Crippen LogP) is 3.35. The van der Waals surface area contributed by atoms with Crippen LogP contribution in [0.15, 0.2) is 54.6 Å². The number of methoxy groups -OCH3 is 2. The number of rotatable bonds is 5. The Bertz CT molecular complexity index is 1150. The number of esters is 2. The van der Waals surface area contributed by atoms with Crippen molar-refractivity contribution in [2.24, 2.45) is 0 Å². The van der Waals surface area contributed by atoms with Gasteiger partial charge in [0, 0.05) is 24.2 Å². The molecule has 2 heterocycles. The fourth-order valence-electron chi connectivity index (χ4n) is 3.83. The van der Waals surface area contributed by atoms with E-state index in [9.17, 15) is 14.4 Å². The van der Waals surface area contributed by atoms with Gasteiger partial charge in [-0.3, -0.25) is 4.79 Å². The van der Waals surface area contributed by atoms with E-state index in [1.807, 2.05) is 11.0 Å². The van der Waals surface area contributed by atoms with Crippen LogP contribution in [0.4, 0.5) is 0 Å². The molecular weight excluding hydrogens is 410 g/mol. The molecule has 0 bridgehead atoms. The zero-order valence-corrected chi connectivity index (χ0v) is 17.9. The zero-order valence-electron chi connectivity index (χ0n) is 17.9. The Labute approximate surface area is 185 Å². The van der Waals surface area contributed by atoms with Crippen molar-refractivity contribution in [2.75, 3.05) is 27.3 Å². The molecule has 1 aromatic heterocycles. The van der Waals surface area contributed by atoms with Gasteiger partial charge in [0.15, 0.2) is 5.69 Å². The average molecular weight is 433 g/mol. The van der Waals surface area contributed by atoms with Crippen molar-refractivity contribution in [3.63, 3.8) is 0 Å². The second kappa shape index (κ2) is 9.05. The standard InChI is InChI=1S/C24H23N3O5/c1-31-23(29)19-20(16-10-12-17(13-11-16)22(28)26-14-6-7-15-26)25-27(21(19)24(30)32-2)18-8-4-3-5-9-18/h3-5,8-13H,6-7,14-15H2,1-2H3. The fourth-order valence-corrected chi connectivity index (χ4v) is 3.83. The Morgan fingerprint density at radius 2 is 1.47 bits per heavy atom. The van der Waals surface area contributed by atoms with Crippen molar-refractivity contribution < 1.29 is 23.9 Å². The maximum Gasteiger partial charge on any atom is 0.357 e. The van der Waals surface area contributed by atoms with Crippen LogP contribution < -0.4 is 0 Å². The molecule has 1 aliphatic rings. The number of aromatic nitrogens is 2. The van der Waals surface area contributed by atoms with Crippen LogP contribution in [0.5, 0.6) is 0 Å². The molecule has 0 aliphatic carbocycles. The molecule has 0 atom stereocenters. The van der Waals surface area contributed by atoms with Crippen LogP contribution in [0.1, 0.15) is 44.0 Å². The van der Waals surface area contributed by atoms with Gasteiger partial charge in [0.2, 0.25) is 0 Å². The summed E-state index contributed by atoms with van der Waals surface area (Å²) in [5, 5.41) is 4.56. The van der Waals surface area contributed by atoms with E-state index >= 15 is 0 Å². The highest BCUT2D eigenvalue weighted by Gasteiger charge is 2.31. The fraction of sp³-hybridized carbons (Fsp3) is 0.250. The Morgan fingerprint density at radius 3 is 2.06 bits per heavy atom. The smallest absolute Gasteiger partial charge is 0.357 e. The van der Waals surface area contributed by atoms with Gasteiger partial charge in [0.1, 0.15) is 11.3 Å². The third kappa shape index (κ3) is 3.87. The van der Waals surface area contributed by atoms with E-state index in [4.69, 9.17) is 9.47 Å². The van der Waals surface area contributed by atoms with Gasteiger partial charge in [-0.25, -0.2) is 14.3 Å². The van der Waals surface area contributed by atoms with Crippen LogP contribution in [-0.2, 0) is 9.47 Å². The first-order valence-corrected chi connectivity index (χ1v) is 10.3. The second-order valence-electron chi connectivity index (χ2n) is 7.38. The SMILES string of the molecule is COC(=O)c1c(-c2ccc(C(=O)N3CCCC3)cc2)nn(-c2ccccc2)c1C(=O)OC. The lowest BCUT2D eigenvalue weighted by molar-refractivity contribution is 0.0549. The predicted molar refractivity (Wildman–Crippen MR) is 117 cm³/mol. The van der Waals surface area contributed by atoms with Crippen LogP contribution in [0.3, 0.4) is 0 Å². The Hall–Kier alpha value is -3.94. The van der Waals surface area contributed by atoms with Gasteiger partial charge in [-0.15, -0.1) is 0 Å². The van der Waals surface area contributed by atoms with E-state index in [1.165, 1.54) is 18.9 Å². The molecule has 1 aliphatic heterocycles. The maximum atomic E-state index is 12.7. The van der Waals surface area contributed by atoms with Gasteiger partial charge in [-0.05, 0) is 37.1 Å². The number of hydrogen-bond acceptors (Lipinski definition) is 6. The summed E-state index contributed by atoms with van der Waals surface area (Å²) in [4.78, 5) is 39.8. The van der Waals surface area contributed by atoms with E-state index in [-0.39, 0.29) is 22.9 Å². The summed E-state index contributed by atoms with van der Waals surface area (Å²) in [6, 6.07) is 15.8. The van der Waals surface area contributed by atoms with E-state index in [1.54, 1.807) is 48.5 Å². The third-order valence-electron chi connectivity index (χ3n) is 5.45. The molecule has 0 N–H and O–H groups in total. The van der Waals surface area contributed by atoms with Crippen molar-refractivity contribution in [3.05, 3.63) is 71.4 Å². The number of carbonyl (C=O) groups is 3. The summed E-state index contributed by atoms with van der Waals surface area (Å²) in [6.07, 6.45) is 2.03. The molecule has 1 saturated heterocycles. The summed E-state index contributed by atoms with van der Waals surface area (Å²) in [5.41, 5.74) is 1.96. The minimum absolute atomic E-state index is 0.00169. The van der Waals surface area contributed by atoms with E-state index in [0.717, 1.165) is 25.9 Å². The first-order valence-electron chi connectivity index (χ1n) is 10.3. The molecule has 0 saturated carbocycles. The molecule has 1 fully saturated rings. The normalized spacial score (nSPS) is 13.1. The van der Waals surface area contributed by atoms with Crippen LogP contribution in [-0.4, -0.2) is 59.8 Å². The zero-order chi connectivity index (χ0) is 22.7. The highest BCUT2D eigenvalue weighted by molar-refractivity contribution is 6.07. The Kier molecular flexibility index (Phi) is 6.02. The summed E-state index contributed by atoms with van der Waals surface area (Å²) >= 11 is 0. The van der Waals surface area contributed by atoms with Gasteiger partial charge in [-0.1, -0.05) is 30.3 Å². The van der Waals surface area contributed by atoms with Crippen molar-refractivity contribution in [2.45, 2.75) is 12.8 Å². The van der Waals surface area contributed by atoms with Gasteiger partial charge >= 0.3 is 11.9 Å². The number of para-hydroxylation sites is 1. The highest BCUT2D eigenvalue weighted by atomic mass is 16.5. The summed E-state index contributed by atoms with van der Waals surface area (Å²) in [5.74, 6) is -1.44. The van der Waals surface area contributed by atoms with Crippen molar-refractivity contribution >= 4 is 17.8 Å². The molecular formula is C24H23N3O5. The van der Waals surface area contributed by atoms with E-state index in [0.29, 0.717) is 16.8 Å². The lowest BCUT2D eigenvalue weighted by atomic mass is 10.0. The molecule has 0 unspecified atom stereocenters. The molecule has 32 heavy (non-hydrogen) atoms. The molecule has 2 aromatic carbocycles. The number of ether oxygens (including phenoxy) is 2. The third-order valence-corrected chi connectivity index (χ3v) is 5.45. The maximum absolute atomic E-state index is 12.7. The molecule has 1 amide bonds. The first kappa shape index (κ1) is 21.3. The topological polar surface area (TPSA) is 90.7 Å². The number of carbonyl (C=O) groups excluding carboxylic acids is 3. The Morgan fingerprint density at radius 1 is 0.844 bits per heavy atom. The number of nitrogens with zero attached hydrogens (tertiary/aromatic N) is 3. The molecule has 3 aromatic rings. The molecule has 0 radical (unpaired) electrons. The van der Waals surface area contributed by atoms with Crippen LogP contribution in [0, 0.1) is 0 Å². The molecule has 0 spiro atoms. The largest absolute Gasteiger partial charge is 0.465 e. The first-order chi connectivity index (χ1) is 15.5. The van der Waals surface area contributed by atoms with Crippen molar-refractivity contribution in [1.82, 2.24) is 14.7 Å². The molecule has 164 valence electrons. The van der Waals surface area contributed by atoms with E-state index < -0.39 is 11.9 Å². The summed E-state index contributed by atoms with van der Waals surface area (Å²) in [6.45, 7) is 1.52. The number of likely N-dealkylation sites (tertiary alicyclic amines) is 1. The quantitative estimate of drug-likeness (QED) is 0.573. The van der Waals surface area contributed by atoms with Gasteiger partial charge in [-0.2, -0.15) is 5.10 Å². The summed E-state index contributed by atoms with van der Waals surface area (Å²) in [7, 11) is 2.48. The van der Waals surface area contributed by atoms with Crippen molar-refractivity contribution in [1.29, 1.82) is 0 Å². The van der Waals surface area contributed by atoms with Gasteiger partial charge < -0.3 is 14.4 Å². The average Bonchev–Trinajstić information content (AvgIpc) is 3.52. The Balaban J connectivity index is 1.83. The van der Waals surface area contributed by atoms with Gasteiger partial charge in [0.05, 0.1) is 19.9 Å². The number of amides is 1. The molecule has 8 heteroatoms. The molecule has 8 nitrogen and oxygen atoms in total. The lowest BCUT2D eigenvalue weighted by Gasteiger charge is -2.15.